The Balaban J connectivity index is 2.33. The molecule has 0 bridgehead atoms. The molecule has 2 rings (SSSR count). The van der Waals surface area contributed by atoms with Crippen molar-refractivity contribution in [2.24, 2.45) is 0 Å². The molecular weight excluding hydrogens is 232 g/mol. The van der Waals surface area contributed by atoms with Crippen molar-refractivity contribution >= 4 is 17.6 Å². The highest BCUT2D eigenvalue weighted by Crippen LogP contribution is 2.35. The molecule has 1 aliphatic rings. The first kappa shape index (κ1) is 11.4. The fourth-order valence-electron chi connectivity index (χ4n) is 1.72. The number of carbonyl (C=O) groups is 1. The molecule has 4 nitrogen and oxygen atoms in total. The van der Waals surface area contributed by atoms with Crippen molar-refractivity contribution < 1.29 is 19.4 Å². The zero-order valence-electron chi connectivity index (χ0n) is 8.59. The number of aliphatic carboxylic acids is 1. The van der Waals surface area contributed by atoms with Gasteiger partial charge in [0, 0.05) is 10.6 Å². The van der Waals surface area contributed by atoms with Crippen LogP contribution in [0.15, 0.2) is 24.3 Å². The highest BCUT2D eigenvalue weighted by Gasteiger charge is 2.40. The van der Waals surface area contributed by atoms with E-state index in [2.05, 4.69) is 0 Å². The first-order chi connectivity index (χ1) is 7.59. The van der Waals surface area contributed by atoms with Crippen LogP contribution in [-0.2, 0) is 14.3 Å². The SMILES string of the molecule is CC1OC(C(=O)O)C(c2ccccc2Cl)O1. The van der Waals surface area contributed by atoms with Crippen molar-refractivity contribution in [3.63, 3.8) is 0 Å². The lowest BCUT2D eigenvalue weighted by molar-refractivity contribution is -0.150. The first-order valence-electron chi connectivity index (χ1n) is 4.87. The molecule has 86 valence electrons. The summed E-state index contributed by atoms with van der Waals surface area (Å²) in [5.74, 6) is -1.05. The maximum absolute atomic E-state index is 11.0. The number of carboxylic acid groups (broad SMARTS) is 1. The van der Waals surface area contributed by atoms with Gasteiger partial charge >= 0.3 is 5.97 Å². The van der Waals surface area contributed by atoms with E-state index in [1.807, 2.05) is 0 Å². The number of carboxylic acids is 1. The molecule has 0 aliphatic carbocycles. The van der Waals surface area contributed by atoms with Gasteiger partial charge in [-0.15, -0.1) is 0 Å². The Labute approximate surface area is 97.7 Å². The van der Waals surface area contributed by atoms with E-state index in [1.54, 1.807) is 31.2 Å². The quantitative estimate of drug-likeness (QED) is 0.864. The van der Waals surface area contributed by atoms with Gasteiger partial charge < -0.3 is 14.6 Å². The largest absolute Gasteiger partial charge is 0.479 e. The average Bonchev–Trinajstić information content (AvgIpc) is 2.61. The second-order valence-electron chi connectivity index (χ2n) is 3.54. The van der Waals surface area contributed by atoms with Gasteiger partial charge in [0.1, 0.15) is 6.10 Å². The summed E-state index contributed by atoms with van der Waals surface area (Å²) in [6, 6.07) is 7.00. The van der Waals surface area contributed by atoms with Crippen LogP contribution in [0, 0.1) is 0 Å². The van der Waals surface area contributed by atoms with Gasteiger partial charge in [0.2, 0.25) is 0 Å². The van der Waals surface area contributed by atoms with Gasteiger partial charge in [0.25, 0.3) is 0 Å². The standard InChI is InChI=1S/C11H11ClO4/c1-6-15-9(10(16-6)11(13)14)7-4-2-3-5-8(7)12/h2-6,9-10H,1H3,(H,13,14). The fourth-order valence-corrected chi connectivity index (χ4v) is 1.96. The Hall–Kier alpha value is -1.10. The van der Waals surface area contributed by atoms with E-state index in [4.69, 9.17) is 26.2 Å². The number of ether oxygens (including phenoxy) is 2. The van der Waals surface area contributed by atoms with Crippen molar-refractivity contribution in [1.82, 2.24) is 0 Å². The predicted molar refractivity (Wildman–Crippen MR) is 57.2 cm³/mol. The second-order valence-corrected chi connectivity index (χ2v) is 3.95. The fraction of sp³-hybridized carbons (Fsp3) is 0.364. The molecule has 5 heteroatoms. The average molecular weight is 243 g/mol. The van der Waals surface area contributed by atoms with Gasteiger partial charge in [0.05, 0.1) is 0 Å². The summed E-state index contributed by atoms with van der Waals surface area (Å²) in [5.41, 5.74) is 0.640. The molecule has 0 amide bonds. The summed E-state index contributed by atoms with van der Waals surface area (Å²) in [5, 5.41) is 9.49. The van der Waals surface area contributed by atoms with Gasteiger partial charge in [-0.3, -0.25) is 0 Å². The van der Waals surface area contributed by atoms with Gasteiger partial charge in [-0.25, -0.2) is 4.79 Å². The summed E-state index contributed by atoms with van der Waals surface area (Å²) in [7, 11) is 0. The lowest BCUT2D eigenvalue weighted by Gasteiger charge is -2.14. The number of rotatable bonds is 2. The van der Waals surface area contributed by atoms with E-state index < -0.39 is 24.5 Å². The van der Waals surface area contributed by atoms with Crippen LogP contribution in [0.4, 0.5) is 0 Å². The molecule has 16 heavy (non-hydrogen) atoms. The molecule has 1 aromatic rings. The second kappa shape index (κ2) is 4.41. The first-order valence-corrected chi connectivity index (χ1v) is 5.25. The molecule has 1 N–H and O–H groups in total. The number of hydrogen-bond acceptors (Lipinski definition) is 3. The maximum Gasteiger partial charge on any atom is 0.336 e. The summed E-state index contributed by atoms with van der Waals surface area (Å²) in [6.45, 7) is 1.66. The Morgan fingerprint density at radius 2 is 2.06 bits per heavy atom. The zero-order chi connectivity index (χ0) is 11.7. The summed E-state index contributed by atoms with van der Waals surface area (Å²) >= 11 is 5.99. The molecule has 1 aromatic carbocycles. The molecule has 0 radical (unpaired) electrons. The molecule has 3 atom stereocenters. The van der Waals surface area contributed by atoms with E-state index in [1.165, 1.54) is 0 Å². The predicted octanol–water partition coefficient (Wildman–Crippen LogP) is 2.23. The van der Waals surface area contributed by atoms with Crippen molar-refractivity contribution in [2.45, 2.75) is 25.4 Å². The monoisotopic (exact) mass is 242 g/mol. The van der Waals surface area contributed by atoms with Gasteiger partial charge in [-0.05, 0) is 13.0 Å². The van der Waals surface area contributed by atoms with Crippen LogP contribution in [-0.4, -0.2) is 23.5 Å². The van der Waals surface area contributed by atoms with Crippen LogP contribution in [0.5, 0.6) is 0 Å². The van der Waals surface area contributed by atoms with Crippen LogP contribution >= 0.6 is 11.6 Å². The maximum atomic E-state index is 11.0. The van der Waals surface area contributed by atoms with Crippen LogP contribution in [0.25, 0.3) is 0 Å². The molecule has 1 fully saturated rings. The molecule has 1 aliphatic heterocycles. The van der Waals surface area contributed by atoms with Crippen LogP contribution < -0.4 is 0 Å². The molecular formula is C11H11ClO4. The Bertz CT molecular complexity index is 407. The third-order valence-electron chi connectivity index (χ3n) is 2.41. The molecule has 1 heterocycles. The van der Waals surface area contributed by atoms with Crippen LogP contribution in [0.2, 0.25) is 5.02 Å². The van der Waals surface area contributed by atoms with E-state index in [9.17, 15) is 4.79 Å². The smallest absolute Gasteiger partial charge is 0.336 e. The highest BCUT2D eigenvalue weighted by molar-refractivity contribution is 6.31. The van der Waals surface area contributed by atoms with Crippen molar-refractivity contribution in [3.05, 3.63) is 34.9 Å². The van der Waals surface area contributed by atoms with E-state index in [0.29, 0.717) is 10.6 Å². The Kier molecular flexibility index (Phi) is 3.14. The summed E-state index contributed by atoms with van der Waals surface area (Å²) in [6.07, 6.45) is -2.20. The van der Waals surface area contributed by atoms with E-state index in [0.717, 1.165) is 0 Å². The minimum Gasteiger partial charge on any atom is -0.479 e. The Morgan fingerprint density at radius 3 is 2.69 bits per heavy atom. The molecule has 0 saturated carbocycles. The third kappa shape index (κ3) is 2.04. The van der Waals surface area contributed by atoms with Crippen LogP contribution in [0.3, 0.4) is 0 Å². The summed E-state index contributed by atoms with van der Waals surface area (Å²) in [4.78, 5) is 11.0. The lowest BCUT2D eigenvalue weighted by Crippen LogP contribution is -2.25. The molecule has 0 spiro atoms. The number of hydrogen-bond donors (Lipinski definition) is 1. The molecule has 1 saturated heterocycles. The van der Waals surface area contributed by atoms with Gasteiger partial charge in [0.15, 0.2) is 12.4 Å². The zero-order valence-corrected chi connectivity index (χ0v) is 9.35. The minimum absolute atomic E-state index is 0.483. The molecule has 3 unspecified atom stereocenters. The number of benzene rings is 1. The van der Waals surface area contributed by atoms with Gasteiger partial charge in [-0.2, -0.15) is 0 Å². The topological polar surface area (TPSA) is 55.8 Å². The highest BCUT2D eigenvalue weighted by atomic mass is 35.5. The lowest BCUT2D eigenvalue weighted by atomic mass is 10.0. The van der Waals surface area contributed by atoms with E-state index in [-0.39, 0.29) is 0 Å². The van der Waals surface area contributed by atoms with Crippen molar-refractivity contribution in [3.8, 4) is 0 Å². The van der Waals surface area contributed by atoms with E-state index >= 15 is 0 Å². The normalized spacial score (nSPS) is 29.2. The van der Waals surface area contributed by atoms with Gasteiger partial charge in [-0.1, -0.05) is 29.8 Å². The summed E-state index contributed by atoms with van der Waals surface area (Å²) < 4.78 is 10.6. The van der Waals surface area contributed by atoms with Crippen LogP contribution in [0.1, 0.15) is 18.6 Å². The van der Waals surface area contributed by atoms with Crippen molar-refractivity contribution in [1.29, 1.82) is 0 Å². The third-order valence-corrected chi connectivity index (χ3v) is 2.75. The molecule has 0 aromatic heterocycles. The minimum atomic E-state index is -1.05. The Morgan fingerprint density at radius 1 is 1.38 bits per heavy atom. The van der Waals surface area contributed by atoms with Crippen molar-refractivity contribution in [2.75, 3.05) is 0 Å². The number of halogens is 1.